The van der Waals surface area contributed by atoms with E-state index in [1.807, 2.05) is 65.6 Å². The van der Waals surface area contributed by atoms with Crippen LogP contribution >= 0.6 is 0 Å². The number of ether oxygens (including phenoxy) is 3. The van der Waals surface area contributed by atoms with Crippen molar-refractivity contribution >= 4 is 17.4 Å². The van der Waals surface area contributed by atoms with Crippen molar-refractivity contribution in [3.05, 3.63) is 77.9 Å². The van der Waals surface area contributed by atoms with Crippen molar-refractivity contribution in [2.45, 2.75) is 0 Å². The highest BCUT2D eigenvalue weighted by Gasteiger charge is 2.29. The molecule has 2 aliphatic rings. The summed E-state index contributed by atoms with van der Waals surface area (Å²) in [4.78, 5) is 22.1. The van der Waals surface area contributed by atoms with Crippen molar-refractivity contribution in [1.82, 2.24) is 9.80 Å². The van der Waals surface area contributed by atoms with Crippen molar-refractivity contribution in [3.8, 4) is 23.0 Å². The van der Waals surface area contributed by atoms with Gasteiger partial charge in [0.2, 0.25) is 0 Å². The third-order valence-electron chi connectivity index (χ3n) is 5.93. The Bertz CT molecular complexity index is 1220. The summed E-state index contributed by atoms with van der Waals surface area (Å²) in [5.41, 5.74) is 2.27. The number of benzene rings is 3. The summed E-state index contributed by atoms with van der Waals surface area (Å²) in [6.07, 6.45) is 0. The van der Waals surface area contributed by atoms with Crippen LogP contribution in [0.1, 0.15) is 15.9 Å². The molecule has 0 bridgehead atoms. The molecule has 5 rings (SSSR count). The average molecular weight is 444 g/mol. The van der Waals surface area contributed by atoms with Crippen LogP contribution in [0.5, 0.6) is 23.0 Å². The van der Waals surface area contributed by atoms with Crippen molar-refractivity contribution in [1.29, 1.82) is 0 Å². The quantitative estimate of drug-likeness (QED) is 0.602. The van der Waals surface area contributed by atoms with E-state index in [0.717, 1.165) is 17.1 Å². The lowest BCUT2D eigenvalue weighted by Crippen LogP contribution is -2.50. The Morgan fingerprint density at radius 3 is 2.48 bits per heavy atom. The van der Waals surface area contributed by atoms with Crippen LogP contribution in [0.25, 0.3) is 0 Å². The van der Waals surface area contributed by atoms with Crippen LogP contribution in [0.2, 0.25) is 0 Å². The standard InChI is InChI=1S/C26H25N3O4/c1-31-19-8-5-7-18(17-19)26(30)29-15-13-28(14-16-29)25-20-9-6-12-23(32-2)24(20)33-22-11-4-3-10-21(22)27-25/h3-12,17H,13-16H2,1-2H3. The summed E-state index contributed by atoms with van der Waals surface area (Å²) >= 11 is 0. The molecule has 0 unspecified atom stereocenters. The first kappa shape index (κ1) is 20.9. The number of amidine groups is 1. The minimum atomic E-state index is 0.00658. The molecular formula is C26H25N3O4. The number of carbonyl (C=O) groups excluding carboxylic acids is 1. The highest BCUT2D eigenvalue weighted by Crippen LogP contribution is 2.42. The number of piperazine rings is 1. The third kappa shape index (κ3) is 3.98. The number of rotatable bonds is 3. The van der Waals surface area contributed by atoms with E-state index >= 15 is 0 Å². The lowest BCUT2D eigenvalue weighted by Gasteiger charge is -2.36. The van der Waals surface area contributed by atoms with E-state index in [4.69, 9.17) is 19.2 Å². The molecule has 2 aliphatic heterocycles. The first-order valence-corrected chi connectivity index (χ1v) is 10.9. The predicted molar refractivity (Wildman–Crippen MR) is 126 cm³/mol. The molecule has 7 nitrogen and oxygen atoms in total. The lowest BCUT2D eigenvalue weighted by molar-refractivity contribution is 0.0692. The normalized spacial score (nSPS) is 14.9. The van der Waals surface area contributed by atoms with Gasteiger partial charge in [0.25, 0.3) is 5.91 Å². The number of methoxy groups -OCH3 is 2. The number of hydrogen-bond acceptors (Lipinski definition) is 6. The summed E-state index contributed by atoms with van der Waals surface area (Å²) in [6.45, 7) is 2.51. The van der Waals surface area contributed by atoms with Gasteiger partial charge in [-0.25, -0.2) is 4.99 Å². The Morgan fingerprint density at radius 1 is 0.909 bits per heavy atom. The van der Waals surface area contributed by atoms with Crippen molar-refractivity contribution in [2.24, 2.45) is 4.99 Å². The molecule has 0 saturated carbocycles. The highest BCUT2D eigenvalue weighted by atomic mass is 16.5. The Hall–Kier alpha value is -4.00. The summed E-state index contributed by atoms with van der Waals surface area (Å²) in [6, 6.07) is 20.8. The second-order valence-corrected chi connectivity index (χ2v) is 7.85. The number of aliphatic imine (C=N–C) groups is 1. The average Bonchev–Trinajstić information content (AvgIpc) is 3.05. The van der Waals surface area contributed by atoms with E-state index < -0.39 is 0 Å². The molecule has 0 spiro atoms. The van der Waals surface area contributed by atoms with E-state index in [9.17, 15) is 4.79 Å². The summed E-state index contributed by atoms with van der Waals surface area (Å²) in [5.74, 6) is 3.50. The molecule has 3 aromatic carbocycles. The second-order valence-electron chi connectivity index (χ2n) is 7.85. The molecule has 0 radical (unpaired) electrons. The molecule has 2 heterocycles. The van der Waals surface area contributed by atoms with Gasteiger partial charge >= 0.3 is 0 Å². The van der Waals surface area contributed by atoms with E-state index in [1.165, 1.54) is 0 Å². The molecule has 168 valence electrons. The summed E-state index contributed by atoms with van der Waals surface area (Å²) in [5, 5.41) is 0. The number of para-hydroxylation sites is 3. The molecule has 3 aromatic rings. The van der Waals surface area contributed by atoms with Gasteiger partial charge < -0.3 is 24.0 Å². The maximum Gasteiger partial charge on any atom is 0.254 e. The Kier molecular flexibility index (Phi) is 5.60. The minimum absolute atomic E-state index is 0.00658. The minimum Gasteiger partial charge on any atom is -0.497 e. The Labute approximate surface area is 192 Å². The van der Waals surface area contributed by atoms with Crippen LogP contribution in [0.4, 0.5) is 5.69 Å². The summed E-state index contributed by atoms with van der Waals surface area (Å²) < 4.78 is 17.1. The third-order valence-corrected chi connectivity index (χ3v) is 5.93. The monoisotopic (exact) mass is 443 g/mol. The zero-order valence-corrected chi connectivity index (χ0v) is 18.7. The SMILES string of the molecule is COc1cccc(C(=O)N2CCN(C3=Nc4ccccc4Oc4c(OC)cccc43)CC2)c1. The fraction of sp³-hybridized carbons (Fsp3) is 0.231. The number of fused-ring (bicyclic) bond motifs is 2. The fourth-order valence-corrected chi connectivity index (χ4v) is 4.18. The van der Waals surface area contributed by atoms with Crippen LogP contribution < -0.4 is 14.2 Å². The maximum absolute atomic E-state index is 13.0. The number of hydrogen-bond donors (Lipinski definition) is 0. The lowest BCUT2D eigenvalue weighted by atomic mass is 10.1. The second kappa shape index (κ2) is 8.86. The first-order valence-electron chi connectivity index (χ1n) is 10.9. The van der Waals surface area contributed by atoms with Gasteiger partial charge in [0.1, 0.15) is 17.3 Å². The van der Waals surface area contributed by atoms with E-state index in [1.54, 1.807) is 20.3 Å². The molecular weight excluding hydrogens is 418 g/mol. The van der Waals surface area contributed by atoms with Gasteiger partial charge in [-0.3, -0.25) is 4.79 Å². The van der Waals surface area contributed by atoms with Crippen LogP contribution in [-0.2, 0) is 0 Å². The molecule has 1 saturated heterocycles. The van der Waals surface area contributed by atoms with E-state index in [0.29, 0.717) is 54.7 Å². The molecule has 1 fully saturated rings. The van der Waals surface area contributed by atoms with Gasteiger partial charge in [-0.1, -0.05) is 24.3 Å². The number of nitrogens with zero attached hydrogens (tertiary/aromatic N) is 3. The van der Waals surface area contributed by atoms with E-state index in [-0.39, 0.29) is 5.91 Å². The van der Waals surface area contributed by atoms with Gasteiger partial charge in [-0.2, -0.15) is 0 Å². The van der Waals surface area contributed by atoms with Crippen molar-refractivity contribution in [3.63, 3.8) is 0 Å². The maximum atomic E-state index is 13.0. The van der Waals surface area contributed by atoms with Crippen molar-refractivity contribution in [2.75, 3.05) is 40.4 Å². The molecule has 1 amide bonds. The smallest absolute Gasteiger partial charge is 0.254 e. The number of amides is 1. The molecule has 0 aromatic heterocycles. The molecule has 0 N–H and O–H groups in total. The predicted octanol–water partition coefficient (Wildman–Crippen LogP) is 4.35. The first-order chi connectivity index (χ1) is 16.2. The van der Waals surface area contributed by atoms with Crippen molar-refractivity contribution < 1.29 is 19.0 Å². The van der Waals surface area contributed by atoms with Gasteiger partial charge in [0, 0.05) is 31.7 Å². The summed E-state index contributed by atoms with van der Waals surface area (Å²) in [7, 11) is 3.24. The largest absolute Gasteiger partial charge is 0.497 e. The molecule has 0 atom stereocenters. The van der Waals surface area contributed by atoms with Gasteiger partial charge in [-0.05, 0) is 42.5 Å². The zero-order valence-electron chi connectivity index (χ0n) is 18.7. The molecule has 7 heteroatoms. The Morgan fingerprint density at radius 2 is 1.70 bits per heavy atom. The highest BCUT2D eigenvalue weighted by molar-refractivity contribution is 6.04. The molecule has 33 heavy (non-hydrogen) atoms. The Balaban J connectivity index is 1.42. The zero-order chi connectivity index (χ0) is 22.8. The van der Waals surface area contributed by atoms with Crippen LogP contribution in [0.3, 0.4) is 0 Å². The topological polar surface area (TPSA) is 63.6 Å². The number of carbonyl (C=O) groups is 1. The fourth-order valence-electron chi connectivity index (χ4n) is 4.18. The van der Waals surface area contributed by atoms with Crippen LogP contribution in [0.15, 0.2) is 71.7 Å². The van der Waals surface area contributed by atoms with Gasteiger partial charge in [0.05, 0.1) is 19.8 Å². The van der Waals surface area contributed by atoms with Gasteiger partial charge in [0.15, 0.2) is 17.2 Å². The molecule has 0 aliphatic carbocycles. The van der Waals surface area contributed by atoms with Gasteiger partial charge in [-0.15, -0.1) is 0 Å². The van der Waals surface area contributed by atoms with E-state index in [2.05, 4.69) is 4.90 Å². The van der Waals surface area contributed by atoms with Crippen LogP contribution in [0, 0.1) is 0 Å². The van der Waals surface area contributed by atoms with Crippen LogP contribution in [-0.4, -0.2) is 61.9 Å².